The first-order valence-electron chi connectivity index (χ1n) is 6.83. The van der Waals surface area contributed by atoms with Gasteiger partial charge in [0.25, 0.3) is 0 Å². The highest BCUT2D eigenvalue weighted by atomic mass is 16.5. The van der Waals surface area contributed by atoms with Crippen LogP contribution in [0.15, 0.2) is 24.3 Å². The zero-order valence-corrected chi connectivity index (χ0v) is 12.1. The summed E-state index contributed by atoms with van der Waals surface area (Å²) in [5.41, 5.74) is 1.21. The van der Waals surface area contributed by atoms with E-state index in [1.165, 1.54) is 18.4 Å². The number of aliphatic hydroxyl groups is 1. The molecule has 0 radical (unpaired) electrons. The van der Waals surface area contributed by atoms with Gasteiger partial charge in [0.15, 0.2) is 0 Å². The number of hydrogen-bond acceptors (Lipinski definition) is 2. The Kier molecular flexibility index (Phi) is 5.67. The van der Waals surface area contributed by atoms with Crippen molar-refractivity contribution in [2.45, 2.75) is 53.1 Å². The van der Waals surface area contributed by atoms with E-state index in [4.69, 9.17) is 4.74 Å². The topological polar surface area (TPSA) is 29.5 Å². The molecule has 0 amide bonds. The van der Waals surface area contributed by atoms with Crippen molar-refractivity contribution in [2.75, 3.05) is 6.61 Å². The molecule has 0 aliphatic carbocycles. The molecule has 1 aromatic carbocycles. The number of ether oxygens (including phenoxy) is 1. The van der Waals surface area contributed by atoms with E-state index in [-0.39, 0.29) is 5.41 Å². The molecular formula is C16H26O2. The fraction of sp³-hybridized carbons (Fsp3) is 0.625. The van der Waals surface area contributed by atoms with Gasteiger partial charge >= 0.3 is 0 Å². The second-order valence-electron chi connectivity index (χ2n) is 5.94. The van der Waals surface area contributed by atoms with Gasteiger partial charge < -0.3 is 9.84 Å². The maximum Gasteiger partial charge on any atom is 0.119 e. The predicted molar refractivity (Wildman–Crippen MR) is 76.0 cm³/mol. The molecule has 0 aromatic heterocycles. The fourth-order valence-electron chi connectivity index (χ4n) is 1.56. The first kappa shape index (κ1) is 15.0. The molecule has 0 saturated carbocycles. The third kappa shape index (κ3) is 5.09. The summed E-state index contributed by atoms with van der Waals surface area (Å²) in [5, 5.41) is 9.89. The molecule has 0 fully saturated rings. The molecule has 18 heavy (non-hydrogen) atoms. The van der Waals surface area contributed by atoms with Crippen molar-refractivity contribution in [3.63, 3.8) is 0 Å². The molecule has 0 heterocycles. The third-order valence-corrected chi connectivity index (χ3v) is 3.15. The molecule has 0 bridgehead atoms. The van der Waals surface area contributed by atoms with Crippen LogP contribution < -0.4 is 4.74 Å². The average molecular weight is 250 g/mol. The van der Waals surface area contributed by atoms with Crippen molar-refractivity contribution in [1.82, 2.24) is 0 Å². The second-order valence-corrected chi connectivity index (χ2v) is 5.94. The molecule has 2 nitrogen and oxygen atoms in total. The molecule has 1 N–H and O–H groups in total. The lowest BCUT2D eigenvalue weighted by Gasteiger charge is -2.25. The van der Waals surface area contributed by atoms with Gasteiger partial charge in [0, 0.05) is 0 Å². The normalized spacial score (nSPS) is 13.4. The smallest absolute Gasteiger partial charge is 0.119 e. The summed E-state index contributed by atoms with van der Waals surface area (Å²) in [5.74, 6) is 0.832. The highest BCUT2D eigenvalue weighted by Crippen LogP contribution is 2.21. The van der Waals surface area contributed by atoms with Crippen LogP contribution >= 0.6 is 0 Å². The van der Waals surface area contributed by atoms with Crippen molar-refractivity contribution < 1.29 is 9.84 Å². The van der Waals surface area contributed by atoms with E-state index >= 15 is 0 Å². The molecule has 1 atom stereocenters. The number of benzene rings is 1. The summed E-state index contributed by atoms with van der Waals surface area (Å²) in [6.07, 6.45) is 3.12. The van der Waals surface area contributed by atoms with E-state index < -0.39 is 6.10 Å². The number of aliphatic hydroxyl groups excluding tert-OH is 1. The zero-order chi connectivity index (χ0) is 13.6. The van der Waals surface area contributed by atoms with Crippen LogP contribution in [0, 0.1) is 5.41 Å². The van der Waals surface area contributed by atoms with E-state index in [2.05, 4.69) is 19.1 Å². The Bertz CT molecular complexity index is 335. The quantitative estimate of drug-likeness (QED) is 0.831. The van der Waals surface area contributed by atoms with E-state index in [0.29, 0.717) is 6.61 Å². The summed E-state index contributed by atoms with van der Waals surface area (Å²) < 4.78 is 5.60. The SMILES string of the molecule is CCCCc1ccc(OCC(O)C(C)(C)C)cc1. The first-order valence-corrected chi connectivity index (χ1v) is 6.83. The third-order valence-electron chi connectivity index (χ3n) is 3.15. The molecule has 1 rings (SSSR count). The minimum absolute atomic E-state index is 0.138. The van der Waals surface area contributed by atoms with Gasteiger partial charge in [-0.3, -0.25) is 0 Å². The molecule has 1 unspecified atom stereocenters. The van der Waals surface area contributed by atoms with Gasteiger partial charge in [-0.2, -0.15) is 0 Å². The van der Waals surface area contributed by atoms with Crippen LogP contribution in [-0.4, -0.2) is 17.8 Å². The fourth-order valence-corrected chi connectivity index (χ4v) is 1.56. The van der Waals surface area contributed by atoms with Crippen molar-refractivity contribution in [3.05, 3.63) is 29.8 Å². The predicted octanol–water partition coefficient (Wildman–Crippen LogP) is 3.82. The van der Waals surface area contributed by atoms with Gasteiger partial charge in [0.1, 0.15) is 12.4 Å². The van der Waals surface area contributed by atoms with Gasteiger partial charge in [-0.05, 0) is 36.0 Å². The van der Waals surface area contributed by atoms with Crippen LogP contribution in [0.4, 0.5) is 0 Å². The highest BCUT2D eigenvalue weighted by molar-refractivity contribution is 5.27. The molecular weight excluding hydrogens is 224 g/mol. The molecule has 0 spiro atoms. The van der Waals surface area contributed by atoms with Crippen LogP contribution in [0.1, 0.15) is 46.1 Å². The van der Waals surface area contributed by atoms with Gasteiger partial charge in [0.05, 0.1) is 6.10 Å². The van der Waals surface area contributed by atoms with Crippen LogP contribution in [0.5, 0.6) is 5.75 Å². The number of aryl methyl sites for hydroxylation is 1. The molecule has 0 aliphatic rings. The van der Waals surface area contributed by atoms with Gasteiger partial charge in [-0.15, -0.1) is 0 Å². The summed E-state index contributed by atoms with van der Waals surface area (Å²) in [7, 11) is 0. The molecule has 2 heteroatoms. The van der Waals surface area contributed by atoms with Crippen molar-refractivity contribution in [2.24, 2.45) is 5.41 Å². The number of hydrogen-bond donors (Lipinski definition) is 1. The number of rotatable bonds is 6. The largest absolute Gasteiger partial charge is 0.491 e. The number of unbranched alkanes of at least 4 members (excludes halogenated alkanes) is 1. The maximum absolute atomic E-state index is 9.89. The van der Waals surface area contributed by atoms with Crippen LogP contribution in [-0.2, 0) is 6.42 Å². The van der Waals surface area contributed by atoms with E-state index in [0.717, 1.165) is 12.2 Å². The molecule has 1 aromatic rings. The Morgan fingerprint density at radius 3 is 2.28 bits per heavy atom. The summed E-state index contributed by atoms with van der Waals surface area (Å²) in [4.78, 5) is 0. The van der Waals surface area contributed by atoms with E-state index in [1.54, 1.807) is 0 Å². The Morgan fingerprint density at radius 2 is 1.78 bits per heavy atom. The highest BCUT2D eigenvalue weighted by Gasteiger charge is 2.22. The van der Waals surface area contributed by atoms with Crippen LogP contribution in [0.2, 0.25) is 0 Å². The second kappa shape index (κ2) is 6.79. The maximum atomic E-state index is 9.89. The lowest BCUT2D eigenvalue weighted by molar-refractivity contribution is 0.0218. The van der Waals surface area contributed by atoms with Gasteiger partial charge in [-0.1, -0.05) is 46.2 Å². The molecule has 0 saturated heterocycles. The van der Waals surface area contributed by atoms with Crippen LogP contribution in [0.25, 0.3) is 0 Å². The Morgan fingerprint density at radius 1 is 1.17 bits per heavy atom. The van der Waals surface area contributed by atoms with Crippen molar-refractivity contribution >= 4 is 0 Å². The van der Waals surface area contributed by atoms with Crippen LogP contribution in [0.3, 0.4) is 0 Å². The van der Waals surface area contributed by atoms with Gasteiger partial charge in [0.2, 0.25) is 0 Å². The van der Waals surface area contributed by atoms with E-state index in [9.17, 15) is 5.11 Å². The lowest BCUT2D eigenvalue weighted by Crippen LogP contribution is -2.31. The summed E-state index contributed by atoms with van der Waals surface area (Å²) in [6.45, 7) is 8.57. The summed E-state index contributed by atoms with van der Waals surface area (Å²) >= 11 is 0. The Balaban J connectivity index is 2.44. The minimum atomic E-state index is -0.447. The Labute approximate surface area is 111 Å². The molecule has 102 valence electrons. The summed E-state index contributed by atoms with van der Waals surface area (Å²) in [6, 6.07) is 8.18. The Hall–Kier alpha value is -1.02. The average Bonchev–Trinajstić information content (AvgIpc) is 2.33. The standard InChI is InChI=1S/C16H26O2/c1-5-6-7-13-8-10-14(11-9-13)18-12-15(17)16(2,3)4/h8-11,15,17H,5-7,12H2,1-4H3. The van der Waals surface area contributed by atoms with Crippen molar-refractivity contribution in [3.8, 4) is 5.75 Å². The van der Waals surface area contributed by atoms with Crippen molar-refractivity contribution in [1.29, 1.82) is 0 Å². The van der Waals surface area contributed by atoms with Gasteiger partial charge in [-0.25, -0.2) is 0 Å². The minimum Gasteiger partial charge on any atom is -0.491 e. The first-order chi connectivity index (χ1) is 8.43. The van der Waals surface area contributed by atoms with E-state index in [1.807, 2.05) is 32.9 Å². The monoisotopic (exact) mass is 250 g/mol. The zero-order valence-electron chi connectivity index (χ0n) is 12.1. The molecule has 0 aliphatic heterocycles. The lowest BCUT2D eigenvalue weighted by atomic mass is 9.90.